The van der Waals surface area contributed by atoms with Crippen molar-refractivity contribution in [3.63, 3.8) is 0 Å². The van der Waals surface area contributed by atoms with E-state index in [2.05, 4.69) is 4.98 Å². The van der Waals surface area contributed by atoms with Gasteiger partial charge in [0.25, 0.3) is 0 Å². The number of piperidine rings is 1. The van der Waals surface area contributed by atoms with Crippen molar-refractivity contribution in [1.82, 2.24) is 9.88 Å². The number of ketones is 1. The molecule has 0 bridgehead atoms. The summed E-state index contributed by atoms with van der Waals surface area (Å²) in [5, 5.41) is 9.49. The van der Waals surface area contributed by atoms with E-state index in [0.29, 0.717) is 18.8 Å². The van der Waals surface area contributed by atoms with Gasteiger partial charge in [-0.05, 0) is 31.5 Å². The average molecular weight is 220 g/mol. The molecule has 1 aromatic heterocycles. The molecule has 1 aliphatic heterocycles. The van der Waals surface area contributed by atoms with Crippen LogP contribution in [0.5, 0.6) is 0 Å². The van der Waals surface area contributed by atoms with Gasteiger partial charge >= 0.3 is 0 Å². The van der Waals surface area contributed by atoms with Gasteiger partial charge in [-0.1, -0.05) is 6.07 Å². The molecule has 0 amide bonds. The number of β-amino-alcohol motifs (C(OH)–C–C–N with tert-alkyl or cyclic N) is 1. The summed E-state index contributed by atoms with van der Waals surface area (Å²) in [5.74, 6) is 0.0229. The topological polar surface area (TPSA) is 53.4 Å². The molecule has 1 aliphatic rings. The van der Waals surface area contributed by atoms with E-state index in [1.165, 1.54) is 0 Å². The highest BCUT2D eigenvalue weighted by molar-refractivity contribution is 5.95. The second kappa shape index (κ2) is 5.18. The third-order valence-electron chi connectivity index (χ3n) is 2.80. The number of aliphatic hydroxyl groups excluding tert-OH is 1. The quantitative estimate of drug-likeness (QED) is 0.763. The second-order valence-corrected chi connectivity index (χ2v) is 4.17. The number of pyridine rings is 1. The summed E-state index contributed by atoms with van der Waals surface area (Å²) in [4.78, 5) is 17.8. The summed E-state index contributed by atoms with van der Waals surface area (Å²) < 4.78 is 0. The van der Waals surface area contributed by atoms with Crippen molar-refractivity contribution < 1.29 is 9.90 Å². The van der Waals surface area contributed by atoms with Crippen molar-refractivity contribution in [2.75, 3.05) is 19.6 Å². The van der Waals surface area contributed by atoms with Gasteiger partial charge in [-0.2, -0.15) is 0 Å². The van der Waals surface area contributed by atoms with Crippen LogP contribution in [0.2, 0.25) is 0 Å². The molecule has 4 heteroatoms. The van der Waals surface area contributed by atoms with Crippen LogP contribution in [0, 0.1) is 0 Å². The van der Waals surface area contributed by atoms with Crippen molar-refractivity contribution in [3.05, 3.63) is 30.1 Å². The Bertz CT molecular complexity index is 353. The van der Waals surface area contributed by atoms with Crippen LogP contribution >= 0.6 is 0 Å². The molecular weight excluding hydrogens is 204 g/mol. The van der Waals surface area contributed by atoms with Gasteiger partial charge < -0.3 is 5.11 Å². The molecule has 1 saturated heterocycles. The second-order valence-electron chi connectivity index (χ2n) is 4.17. The summed E-state index contributed by atoms with van der Waals surface area (Å²) in [6.07, 6.45) is 3.13. The average Bonchev–Trinajstić information content (AvgIpc) is 2.30. The first kappa shape index (κ1) is 11.2. The maximum atomic E-state index is 11.8. The molecule has 0 saturated carbocycles. The predicted molar refractivity (Wildman–Crippen MR) is 60.2 cm³/mol. The van der Waals surface area contributed by atoms with E-state index < -0.39 is 0 Å². The molecule has 0 aromatic carbocycles. The Morgan fingerprint density at radius 3 is 3.12 bits per heavy atom. The first-order chi connectivity index (χ1) is 7.75. The maximum Gasteiger partial charge on any atom is 0.195 e. The fourth-order valence-corrected chi connectivity index (χ4v) is 1.99. The normalized spacial score (nSPS) is 21.9. The van der Waals surface area contributed by atoms with Gasteiger partial charge in [-0.15, -0.1) is 0 Å². The Morgan fingerprint density at radius 2 is 2.44 bits per heavy atom. The minimum atomic E-state index is -0.287. The van der Waals surface area contributed by atoms with E-state index >= 15 is 0 Å². The van der Waals surface area contributed by atoms with E-state index in [1.807, 2.05) is 11.0 Å². The van der Waals surface area contributed by atoms with Crippen molar-refractivity contribution in [3.8, 4) is 0 Å². The fourth-order valence-electron chi connectivity index (χ4n) is 1.99. The number of carbonyl (C=O) groups excluding carboxylic acids is 1. The third kappa shape index (κ3) is 2.87. The van der Waals surface area contributed by atoms with Crippen LogP contribution in [-0.4, -0.2) is 46.5 Å². The molecule has 0 spiro atoms. The van der Waals surface area contributed by atoms with Crippen molar-refractivity contribution in [1.29, 1.82) is 0 Å². The van der Waals surface area contributed by atoms with E-state index in [-0.39, 0.29) is 11.9 Å². The maximum absolute atomic E-state index is 11.8. The van der Waals surface area contributed by atoms with E-state index in [9.17, 15) is 9.90 Å². The summed E-state index contributed by atoms with van der Waals surface area (Å²) >= 11 is 0. The van der Waals surface area contributed by atoms with Crippen LogP contribution in [0.1, 0.15) is 23.3 Å². The zero-order valence-electron chi connectivity index (χ0n) is 9.17. The molecule has 16 heavy (non-hydrogen) atoms. The molecule has 1 N–H and O–H groups in total. The molecule has 0 unspecified atom stereocenters. The third-order valence-corrected chi connectivity index (χ3v) is 2.80. The first-order valence-corrected chi connectivity index (χ1v) is 5.60. The van der Waals surface area contributed by atoms with E-state index in [1.54, 1.807) is 18.3 Å². The highest BCUT2D eigenvalue weighted by Crippen LogP contribution is 2.10. The van der Waals surface area contributed by atoms with Crippen molar-refractivity contribution in [2.24, 2.45) is 0 Å². The Balaban J connectivity index is 1.92. The van der Waals surface area contributed by atoms with Gasteiger partial charge in [0, 0.05) is 12.7 Å². The summed E-state index contributed by atoms with van der Waals surface area (Å²) in [6, 6.07) is 5.33. The van der Waals surface area contributed by atoms with Crippen LogP contribution in [-0.2, 0) is 0 Å². The van der Waals surface area contributed by atoms with Crippen LogP contribution in [0.25, 0.3) is 0 Å². The Hall–Kier alpha value is -1.26. The van der Waals surface area contributed by atoms with Crippen LogP contribution < -0.4 is 0 Å². The van der Waals surface area contributed by atoms with Gasteiger partial charge in [0.15, 0.2) is 5.78 Å². The van der Waals surface area contributed by atoms with E-state index in [0.717, 1.165) is 19.4 Å². The lowest BCUT2D eigenvalue weighted by Gasteiger charge is -2.29. The lowest BCUT2D eigenvalue weighted by Crippen LogP contribution is -2.41. The number of aromatic nitrogens is 1. The highest BCUT2D eigenvalue weighted by Gasteiger charge is 2.20. The highest BCUT2D eigenvalue weighted by atomic mass is 16.3. The number of hydrogen-bond acceptors (Lipinski definition) is 4. The monoisotopic (exact) mass is 220 g/mol. The van der Waals surface area contributed by atoms with Gasteiger partial charge in [-0.3, -0.25) is 14.7 Å². The number of carbonyl (C=O) groups is 1. The number of likely N-dealkylation sites (tertiary alicyclic amines) is 1. The molecule has 0 radical (unpaired) electrons. The Morgan fingerprint density at radius 1 is 1.56 bits per heavy atom. The number of aliphatic hydroxyl groups is 1. The molecular formula is C12H16N2O2. The van der Waals surface area contributed by atoms with Crippen molar-refractivity contribution in [2.45, 2.75) is 18.9 Å². The molecule has 86 valence electrons. The van der Waals surface area contributed by atoms with Gasteiger partial charge in [0.2, 0.25) is 0 Å². The molecule has 0 aliphatic carbocycles. The molecule has 2 heterocycles. The molecule has 1 atom stereocenters. The molecule has 4 nitrogen and oxygen atoms in total. The zero-order chi connectivity index (χ0) is 11.4. The lowest BCUT2D eigenvalue weighted by atomic mass is 10.1. The van der Waals surface area contributed by atoms with Gasteiger partial charge in [-0.25, -0.2) is 0 Å². The minimum absolute atomic E-state index is 0.0229. The standard InChI is InChI=1S/C12H16N2O2/c15-10-4-3-7-14(8-10)9-12(16)11-5-1-2-6-13-11/h1-2,5-6,10,15H,3-4,7-9H2/t10-/m0/s1. The number of hydrogen-bond donors (Lipinski definition) is 1. The Labute approximate surface area is 94.9 Å². The number of nitrogens with zero attached hydrogens (tertiary/aromatic N) is 2. The zero-order valence-corrected chi connectivity index (χ0v) is 9.17. The fraction of sp³-hybridized carbons (Fsp3) is 0.500. The SMILES string of the molecule is O=C(CN1CCC[C@H](O)C1)c1ccccn1. The first-order valence-electron chi connectivity index (χ1n) is 5.60. The predicted octanol–water partition coefficient (Wildman–Crippen LogP) is 0.721. The smallest absolute Gasteiger partial charge is 0.195 e. The van der Waals surface area contributed by atoms with Crippen LogP contribution in [0.3, 0.4) is 0 Å². The summed E-state index contributed by atoms with van der Waals surface area (Å²) in [5.41, 5.74) is 0.502. The summed E-state index contributed by atoms with van der Waals surface area (Å²) in [7, 11) is 0. The number of Topliss-reactive ketones (excluding diaryl/α,β-unsaturated/α-hetero) is 1. The molecule has 1 fully saturated rings. The number of rotatable bonds is 3. The van der Waals surface area contributed by atoms with E-state index in [4.69, 9.17) is 0 Å². The van der Waals surface area contributed by atoms with Gasteiger partial charge in [0.1, 0.15) is 5.69 Å². The Kier molecular flexibility index (Phi) is 3.64. The minimum Gasteiger partial charge on any atom is -0.392 e. The largest absolute Gasteiger partial charge is 0.392 e. The summed E-state index contributed by atoms with van der Waals surface area (Å²) in [6.45, 7) is 1.84. The van der Waals surface area contributed by atoms with Crippen LogP contribution in [0.15, 0.2) is 24.4 Å². The van der Waals surface area contributed by atoms with Crippen molar-refractivity contribution >= 4 is 5.78 Å². The van der Waals surface area contributed by atoms with Crippen LogP contribution in [0.4, 0.5) is 0 Å². The molecule has 1 aromatic rings. The molecule has 2 rings (SSSR count). The lowest BCUT2D eigenvalue weighted by molar-refractivity contribution is 0.0632. The van der Waals surface area contributed by atoms with Gasteiger partial charge in [0.05, 0.1) is 12.6 Å².